The molecule has 8 heteroatoms. The number of benzene rings is 2. The molecule has 0 radical (unpaired) electrons. The van der Waals surface area contributed by atoms with Crippen LogP contribution < -0.4 is 15.0 Å². The van der Waals surface area contributed by atoms with Crippen molar-refractivity contribution < 1.29 is 14.6 Å². The molecule has 3 aromatic heterocycles. The van der Waals surface area contributed by atoms with E-state index < -0.39 is 0 Å². The maximum Gasteiger partial charge on any atom is 0.262 e. The van der Waals surface area contributed by atoms with Crippen molar-refractivity contribution >= 4 is 31.6 Å². The number of rotatable bonds is 7. The first-order chi connectivity index (χ1) is 16.6. The van der Waals surface area contributed by atoms with E-state index in [2.05, 4.69) is 4.98 Å². The maximum atomic E-state index is 13.8. The van der Waals surface area contributed by atoms with Gasteiger partial charge in [-0.3, -0.25) is 14.3 Å². The smallest absolute Gasteiger partial charge is 0.262 e. The van der Waals surface area contributed by atoms with Crippen LogP contribution in [0.15, 0.2) is 65.6 Å². The summed E-state index contributed by atoms with van der Waals surface area (Å²) >= 11 is 1.33. The largest absolute Gasteiger partial charge is 0.506 e. The lowest BCUT2D eigenvalue weighted by molar-refractivity contribution is 0.354. The molecule has 1 N–H and O–H groups in total. The quantitative estimate of drug-likeness (QED) is 0.373. The van der Waals surface area contributed by atoms with Gasteiger partial charge >= 0.3 is 0 Å². The topological polar surface area (TPSA) is 86.5 Å². The molecule has 0 spiro atoms. The average Bonchev–Trinajstić information content (AvgIpc) is 3.24. The third kappa shape index (κ3) is 3.97. The van der Waals surface area contributed by atoms with E-state index in [9.17, 15) is 9.90 Å². The number of phenolic OH excluding ortho intramolecular Hbond substituents is 1. The second kappa shape index (κ2) is 9.15. The van der Waals surface area contributed by atoms with Crippen LogP contribution in [-0.4, -0.2) is 33.9 Å². The van der Waals surface area contributed by atoms with E-state index in [-0.39, 0.29) is 11.3 Å². The van der Waals surface area contributed by atoms with E-state index in [0.717, 1.165) is 16.6 Å². The van der Waals surface area contributed by atoms with Crippen molar-refractivity contribution in [3.63, 3.8) is 0 Å². The zero-order valence-corrected chi connectivity index (χ0v) is 19.6. The van der Waals surface area contributed by atoms with E-state index in [0.29, 0.717) is 51.6 Å². The van der Waals surface area contributed by atoms with Crippen LogP contribution in [0.4, 0.5) is 0 Å². The molecule has 0 fully saturated rings. The molecule has 5 aromatic rings. The highest BCUT2D eigenvalue weighted by atomic mass is 32.1. The first-order valence-corrected chi connectivity index (χ1v) is 11.7. The molecule has 34 heavy (non-hydrogen) atoms. The minimum atomic E-state index is -0.117. The lowest BCUT2D eigenvalue weighted by Crippen LogP contribution is -2.26. The van der Waals surface area contributed by atoms with Crippen LogP contribution in [-0.2, 0) is 19.4 Å². The minimum absolute atomic E-state index is 0.117. The van der Waals surface area contributed by atoms with Crippen molar-refractivity contribution in [1.82, 2.24) is 14.5 Å². The number of hydrogen-bond acceptors (Lipinski definition) is 7. The zero-order chi connectivity index (χ0) is 23.7. The number of hydrogen-bond donors (Lipinski definition) is 1. The number of phenols is 1. The fraction of sp³-hybridized carbons (Fsp3) is 0.192. The van der Waals surface area contributed by atoms with Gasteiger partial charge in [-0.1, -0.05) is 24.3 Å². The van der Waals surface area contributed by atoms with E-state index in [4.69, 9.17) is 14.5 Å². The van der Waals surface area contributed by atoms with Gasteiger partial charge in [-0.05, 0) is 35.9 Å². The van der Waals surface area contributed by atoms with Crippen LogP contribution >= 0.6 is 11.3 Å². The Morgan fingerprint density at radius 1 is 1.03 bits per heavy atom. The van der Waals surface area contributed by atoms with Gasteiger partial charge in [0.05, 0.1) is 24.3 Å². The Morgan fingerprint density at radius 3 is 2.65 bits per heavy atom. The number of fused-ring (bicyclic) bond motifs is 3. The molecule has 0 saturated carbocycles. The van der Waals surface area contributed by atoms with Crippen LogP contribution in [0.2, 0.25) is 0 Å². The van der Waals surface area contributed by atoms with Gasteiger partial charge in [0.2, 0.25) is 0 Å². The van der Waals surface area contributed by atoms with Crippen LogP contribution in [0, 0.1) is 0 Å². The number of pyridine rings is 1. The van der Waals surface area contributed by atoms with Gasteiger partial charge in [0, 0.05) is 36.7 Å². The Labute approximate surface area is 199 Å². The highest BCUT2D eigenvalue weighted by molar-refractivity contribution is 7.25. The zero-order valence-electron chi connectivity index (χ0n) is 18.8. The summed E-state index contributed by atoms with van der Waals surface area (Å²) in [6.45, 7) is 0.442. The third-order valence-electron chi connectivity index (χ3n) is 5.81. The SMILES string of the molecule is COc1ccc(Cc2nc3sc4c(O)cccc4c3c(=O)n2CCc2ccccn2)cc1OC. The van der Waals surface area contributed by atoms with Crippen LogP contribution in [0.25, 0.3) is 20.3 Å². The van der Waals surface area contributed by atoms with E-state index in [1.165, 1.54) is 11.3 Å². The summed E-state index contributed by atoms with van der Waals surface area (Å²) in [4.78, 5) is 23.7. The second-order valence-electron chi connectivity index (χ2n) is 7.86. The third-order valence-corrected chi connectivity index (χ3v) is 6.93. The molecule has 0 unspecified atom stereocenters. The lowest BCUT2D eigenvalue weighted by atomic mass is 10.1. The summed E-state index contributed by atoms with van der Waals surface area (Å²) in [6, 6.07) is 16.7. The number of aryl methyl sites for hydroxylation is 1. The molecule has 3 heterocycles. The van der Waals surface area contributed by atoms with Gasteiger partial charge in [0.1, 0.15) is 16.4 Å². The van der Waals surface area contributed by atoms with Crippen molar-refractivity contribution in [3.8, 4) is 17.2 Å². The molecule has 0 aliphatic rings. The average molecular weight is 474 g/mol. The molecule has 0 aliphatic heterocycles. The fourth-order valence-electron chi connectivity index (χ4n) is 4.12. The summed E-state index contributed by atoms with van der Waals surface area (Å²) in [6.07, 6.45) is 2.79. The fourth-order valence-corrected chi connectivity index (χ4v) is 5.21. The van der Waals surface area contributed by atoms with Crippen LogP contribution in [0.1, 0.15) is 17.1 Å². The number of thiophene rings is 1. The number of aromatic nitrogens is 3. The van der Waals surface area contributed by atoms with Crippen molar-refractivity contribution in [2.24, 2.45) is 0 Å². The Kier molecular flexibility index (Phi) is 5.90. The Balaban J connectivity index is 1.64. The minimum Gasteiger partial charge on any atom is -0.506 e. The molecule has 0 bridgehead atoms. The molecule has 172 valence electrons. The molecule has 0 atom stereocenters. The van der Waals surface area contributed by atoms with Gasteiger partial charge in [-0.15, -0.1) is 11.3 Å². The molecule has 0 saturated heterocycles. The van der Waals surface area contributed by atoms with Gasteiger partial charge < -0.3 is 14.6 Å². The Bertz CT molecular complexity index is 1540. The standard InChI is InChI=1S/C26H23N3O4S/c1-32-20-10-9-16(14-21(20)33-2)15-22-28-25-23(18-7-5-8-19(30)24(18)34-25)26(31)29(22)13-11-17-6-3-4-12-27-17/h3-10,12,14,30H,11,13,15H2,1-2H3. The number of ether oxygens (including phenoxy) is 2. The molecular weight excluding hydrogens is 450 g/mol. The van der Waals surface area contributed by atoms with Crippen molar-refractivity contribution in [2.75, 3.05) is 14.2 Å². The molecule has 0 aliphatic carbocycles. The summed E-state index contributed by atoms with van der Waals surface area (Å²) < 4.78 is 13.2. The van der Waals surface area contributed by atoms with Gasteiger partial charge in [0.15, 0.2) is 11.5 Å². The highest BCUT2D eigenvalue weighted by Crippen LogP contribution is 2.36. The summed E-state index contributed by atoms with van der Waals surface area (Å²) in [7, 11) is 3.19. The predicted octanol–water partition coefficient (Wildman–Crippen LogP) is 4.56. The van der Waals surface area contributed by atoms with Crippen molar-refractivity contribution in [1.29, 1.82) is 0 Å². The molecule has 0 amide bonds. The Morgan fingerprint density at radius 2 is 1.88 bits per heavy atom. The summed E-state index contributed by atoms with van der Waals surface area (Å²) in [5, 5.41) is 11.6. The highest BCUT2D eigenvalue weighted by Gasteiger charge is 2.18. The van der Waals surface area contributed by atoms with E-state index in [1.807, 2.05) is 42.5 Å². The first-order valence-electron chi connectivity index (χ1n) is 10.8. The van der Waals surface area contributed by atoms with Crippen LogP contribution in [0.5, 0.6) is 17.2 Å². The van der Waals surface area contributed by atoms with Crippen molar-refractivity contribution in [3.05, 3.63) is 88.2 Å². The maximum absolute atomic E-state index is 13.8. The van der Waals surface area contributed by atoms with Gasteiger partial charge in [-0.25, -0.2) is 4.98 Å². The number of methoxy groups -OCH3 is 2. The number of aromatic hydroxyl groups is 1. The first kappa shape index (κ1) is 21.9. The molecule has 2 aromatic carbocycles. The van der Waals surface area contributed by atoms with Gasteiger partial charge in [-0.2, -0.15) is 0 Å². The van der Waals surface area contributed by atoms with E-state index in [1.54, 1.807) is 37.1 Å². The molecule has 5 rings (SSSR count). The van der Waals surface area contributed by atoms with Crippen molar-refractivity contribution in [2.45, 2.75) is 19.4 Å². The Hall–Kier alpha value is -3.91. The lowest BCUT2D eigenvalue weighted by Gasteiger charge is -2.14. The molecule has 7 nitrogen and oxygen atoms in total. The normalized spacial score (nSPS) is 11.2. The van der Waals surface area contributed by atoms with Gasteiger partial charge in [0.25, 0.3) is 5.56 Å². The summed E-state index contributed by atoms with van der Waals surface area (Å²) in [5.41, 5.74) is 1.73. The summed E-state index contributed by atoms with van der Waals surface area (Å²) in [5.74, 6) is 2.06. The molecular formula is C26H23N3O4S. The second-order valence-corrected chi connectivity index (χ2v) is 8.86. The monoisotopic (exact) mass is 473 g/mol. The predicted molar refractivity (Wildman–Crippen MR) is 133 cm³/mol. The number of nitrogens with zero attached hydrogens (tertiary/aromatic N) is 3. The van der Waals surface area contributed by atoms with Crippen LogP contribution in [0.3, 0.4) is 0 Å². The van der Waals surface area contributed by atoms with E-state index >= 15 is 0 Å².